The van der Waals surface area contributed by atoms with Crippen molar-refractivity contribution in [1.29, 1.82) is 0 Å². The molecule has 3 rings (SSSR count). The highest BCUT2D eigenvalue weighted by Gasteiger charge is 2.12. The smallest absolute Gasteiger partial charge is 0.439 e. The van der Waals surface area contributed by atoms with E-state index in [0.29, 0.717) is 39.3 Å². The number of nitrogens with zero attached hydrogens (tertiary/aromatic N) is 1. The zero-order valence-electron chi connectivity index (χ0n) is 15.0. The first-order valence-electron chi connectivity index (χ1n) is 7.97. The van der Waals surface area contributed by atoms with Crippen molar-refractivity contribution in [3.05, 3.63) is 64.3 Å². The minimum atomic E-state index is -0.677. The summed E-state index contributed by atoms with van der Waals surface area (Å²) in [7, 11) is 4.57. The Morgan fingerprint density at radius 2 is 1.74 bits per heavy atom. The van der Waals surface area contributed by atoms with E-state index in [4.69, 9.17) is 18.6 Å². The molecule has 27 heavy (non-hydrogen) atoms. The highest BCUT2D eigenvalue weighted by atomic mass is 16.5. The Kier molecular flexibility index (Phi) is 5.21. The molecule has 0 bridgehead atoms. The molecule has 2 aromatic carbocycles. The molecule has 3 aromatic rings. The van der Waals surface area contributed by atoms with Gasteiger partial charge in [-0.1, -0.05) is 6.08 Å². The van der Waals surface area contributed by atoms with Crippen molar-refractivity contribution in [3.8, 4) is 17.2 Å². The Hall–Kier alpha value is -3.61. The molecule has 0 aliphatic carbocycles. The normalized spacial score (nSPS) is 10.9. The van der Waals surface area contributed by atoms with Crippen LogP contribution in [0, 0.1) is 0 Å². The first-order chi connectivity index (χ1) is 13.0. The van der Waals surface area contributed by atoms with Crippen molar-refractivity contribution < 1.29 is 23.4 Å². The van der Waals surface area contributed by atoms with Crippen LogP contribution in [0.3, 0.4) is 0 Å². The maximum atomic E-state index is 12.5. The first-order valence-corrected chi connectivity index (χ1v) is 7.97. The van der Waals surface area contributed by atoms with Gasteiger partial charge >= 0.3 is 5.76 Å². The molecule has 1 aromatic heterocycles. The molecule has 0 radical (unpaired) electrons. The van der Waals surface area contributed by atoms with Crippen LogP contribution in [-0.2, 0) is 0 Å². The highest BCUT2D eigenvalue weighted by molar-refractivity contribution is 6.08. The Morgan fingerprint density at radius 1 is 1.04 bits per heavy atom. The van der Waals surface area contributed by atoms with E-state index < -0.39 is 5.76 Å². The van der Waals surface area contributed by atoms with Crippen LogP contribution in [-0.4, -0.2) is 32.1 Å². The number of ketones is 1. The van der Waals surface area contributed by atoms with Gasteiger partial charge in [-0.05, 0) is 42.0 Å². The second-order valence-electron chi connectivity index (χ2n) is 5.54. The Labute approximate surface area is 154 Å². The number of ether oxygens (including phenoxy) is 3. The van der Waals surface area contributed by atoms with E-state index in [0.717, 1.165) is 0 Å². The van der Waals surface area contributed by atoms with E-state index in [1.54, 1.807) is 36.4 Å². The molecule has 0 aliphatic heterocycles. The Balaban J connectivity index is 1.90. The summed E-state index contributed by atoms with van der Waals surface area (Å²) in [6.07, 6.45) is 4.37. The number of hydrogen-bond acceptors (Lipinski definition) is 7. The predicted molar refractivity (Wildman–Crippen MR) is 99.7 cm³/mol. The SMILES string of the molecule is COc1cc(C=CC(=O)c2ccc3nc(=O)occ3c2)cc(OC)c1OC. The van der Waals surface area contributed by atoms with Gasteiger partial charge in [-0.2, -0.15) is 4.98 Å². The van der Waals surface area contributed by atoms with Crippen LogP contribution in [0.1, 0.15) is 15.9 Å². The van der Waals surface area contributed by atoms with Crippen molar-refractivity contribution in [2.75, 3.05) is 21.3 Å². The topological polar surface area (TPSA) is 87.9 Å². The number of carbonyl (C=O) groups is 1. The minimum Gasteiger partial charge on any atom is -0.493 e. The number of rotatable bonds is 6. The molecule has 7 nitrogen and oxygen atoms in total. The average molecular weight is 367 g/mol. The largest absolute Gasteiger partial charge is 0.493 e. The molecule has 7 heteroatoms. The lowest BCUT2D eigenvalue weighted by atomic mass is 10.1. The summed E-state index contributed by atoms with van der Waals surface area (Å²) in [4.78, 5) is 27.3. The third kappa shape index (κ3) is 3.82. The van der Waals surface area contributed by atoms with Crippen LogP contribution < -0.4 is 20.0 Å². The lowest BCUT2D eigenvalue weighted by molar-refractivity contribution is 0.104. The van der Waals surface area contributed by atoms with Gasteiger partial charge < -0.3 is 18.6 Å². The third-order valence-corrected chi connectivity index (χ3v) is 3.92. The zero-order valence-corrected chi connectivity index (χ0v) is 15.0. The molecule has 138 valence electrons. The van der Waals surface area contributed by atoms with Crippen LogP contribution >= 0.6 is 0 Å². The fourth-order valence-electron chi connectivity index (χ4n) is 2.61. The maximum absolute atomic E-state index is 12.5. The Bertz CT molecular complexity index is 1060. The molecule has 0 amide bonds. The third-order valence-electron chi connectivity index (χ3n) is 3.92. The van der Waals surface area contributed by atoms with E-state index in [1.807, 2.05) is 0 Å². The number of hydrogen-bond donors (Lipinski definition) is 0. The summed E-state index contributed by atoms with van der Waals surface area (Å²) in [6, 6.07) is 8.31. The van der Waals surface area contributed by atoms with E-state index >= 15 is 0 Å². The Morgan fingerprint density at radius 3 is 2.37 bits per heavy atom. The van der Waals surface area contributed by atoms with Gasteiger partial charge in [0.2, 0.25) is 5.75 Å². The van der Waals surface area contributed by atoms with Crippen molar-refractivity contribution in [2.45, 2.75) is 0 Å². The number of methoxy groups -OCH3 is 3. The summed E-state index contributed by atoms with van der Waals surface area (Å²) in [6.45, 7) is 0. The van der Waals surface area contributed by atoms with Gasteiger partial charge in [0.05, 0.1) is 26.8 Å². The molecular weight excluding hydrogens is 350 g/mol. The standard InChI is InChI=1S/C20H17NO6/c1-24-17-8-12(9-18(25-2)19(17)26-3)4-7-16(22)13-5-6-15-14(10-13)11-27-20(23)21-15/h4-11H,1-3H3. The molecule has 0 saturated heterocycles. The van der Waals surface area contributed by atoms with E-state index in [1.165, 1.54) is 33.7 Å². The van der Waals surface area contributed by atoms with Crippen molar-refractivity contribution in [2.24, 2.45) is 0 Å². The number of allylic oxidation sites excluding steroid dienone is 1. The summed E-state index contributed by atoms with van der Waals surface area (Å²) in [5, 5.41) is 0.571. The van der Waals surface area contributed by atoms with Crippen LogP contribution in [0.15, 0.2) is 51.9 Å². The molecule has 0 saturated carbocycles. The molecule has 0 atom stereocenters. The van der Waals surface area contributed by atoms with Gasteiger partial charge in [0, 0.05) is 10.9 Å². The monoisotopic (exact) mass is 367 g/mol. The van der Waals surface area contributed by atoms with Gasteiger partial charge in [0.1, 0.15) is 6.26 Å². The van der Waals surface area contributed by atoms with Crippen LogP contribution in [0.5, 0.6) is 17.2 Å². The molecule has 1 heterocycles. The lowest BCUT2D eigenvalue weighted by Crippen LogP contribution is -2.03. The lowest BCUT2D eigenvalue weighted by Gasteiger charge is -2.12. The minimum absolute atomic E-state index is 0.211. The molecule has 0 N–H and O–H groups in total. The first kappa shape index (κ1) is 18.2. The molecule has 0 fully saturated rings. The molecule has 0 unspecified atom stereocenters. The fraction of sp³-hybridized carbons (Fsp3) is 0.150. The summed E-state index contributed by atoms with van der Waals surface area (Å²) in [5.41, 5.74) is 1.63. The van der Waals surface area contributed by atoms with Crippen molar-refractivity contribution in [3.63, 3.8) is 0 Å². The maximum Gasteiger partial charge on any atom is 0.439 e. The van der Waals surface area contributed by atoms with Gasteiger partial charge in [-0.25, -0.2) is 4.79 Å². The summed E-state index contributed by atoms with van der Waals surface area (Å²) in [5.74, 6) is 0.583. The quantitative estimate of drug-likeness (QED) is 0.488. The van der Waals surface area contributed by atoms with Crippen LogP contribution in [0.25, 0.3) is 17.0 Å². The highest BCUT2D eigenvalue weighted by Crippen LogP contribution is 2.38. The zero-order chi connectivity index (χ0) is 19.4. The molecule has 0 aliphatic rings. The second-order valence-corrected chi connectivity index (χ2v) is 5.54. The van der Waals surface area contributed by atoms with Crippen molar-refractivity contribution >= 4 is 22.8 Å². The van der Waals surface area contributed by atoms with Gasteiger partial charge in [-0.3, -0.25) is 4.79 Å². The predicted octanol–water partition coefficient (Wildman–Crippen LogP) is 3.11. The molecule has 0 spiro atoms. The van der Waals surface area contributed by atoms with E-state index in [9.17, 15) is 9.59 Å². The second kappa shape index (κ2) is 7.74. The van der Waals surface area contributed by atoms with Gasteiger partial charge in [0.15, 0.2) is 17.3 Å². The van der Waals surface area contributed by atoms with Crippen molar-refractivity contribution in [1.82, 2.24) is 4.98 Å². The number of carbonyl (C=O) groups excluding carboxylic acids is 1. The van der Waals surface area contributed by atoms with Crippen LogP contribution in [0.4, 0.5) is 0 Å². The number of benzene rings is 2. The van der Waals surface area contributed by atoms with Crippen LogP contribution in [0.2, 0.25) is 0 Å². The van der Waals surface area contributed by atoms with E-state index in [-0.39, 0.29) is 5.78 Å². The van der Waals surface area contributed by atoms with E-state index in [2.05, 4.69) is 4.98 Å². The van der Waals surface area contributed by atoms with Gasteiger partial charge in [0.25, 0.3) is 0 Å². The summed E-state index contributed by atoms with van der Waals surface area (Å²) < 4.78 is 20.6. The fourth-order valence-corrected chi connectivity index (χ4v) is 2.61. The number of aromatic nitrogens is 1. The number of fused-ring (bicyclic) bond motifs is 1. The average Bonchev–Trinajstić information content (AvgIpc) is 2.70. The van der Waals surface area contributed by atoms with Gasteiger partial charge in [-0.15, -0.1) is 0 Å². The molecular formula is C20H17NO6. The summed E-state index contributed by atoms with van der Waals surface area (Å²) >= 11 is 0.